The summed E-state index contributed by atoms with van der Waals surface area (Å²) in [5.74, 6) is -0.224. The van der Waals surface area contributed by atoms with Crippen LogP contribution < -0.4 is 16.0 Å². The molecule has 1 fully saturated rings. The van der Waals surface area contributed by atoms with Crippen molar-refractivity contribution in [2.24, 2.45) is 5.92 Å². The topological polar surface area (TPSA) is 87.3 Å². The third-order valence-corrected chi connectivity index (χ3v) is 4.87. The second-order valence-electron chi connectivity index (χ2n) is 6.93. The summed E-state index contributed by atoms with van der Waals surface area (Å²) >= 11 is 0. The van der Waals surface area contributed by atoms with Crippen LogP contribution in [0.2, 0.25) is 0 Å². The Morgan fingerprint density at radius 3 is 1.86 bits per heavy atom. The van der Waals surface area contributed by atoms with Crippen LogP contribution >= 0.6 is 0 Å². The monoisotopic (exact) mass is 379 g/mol. The Balaban J connectivity index is 1.40. The fraction of sp³-hybridized carbons (Fsp3) is 0.318. The highest BCUT2D eigenvalue weighted by Gasteiger charge is 2.22. The van der Waals surface area contributed by atoms with Crippen molar-refractivity contribution in [2.45, 2.75) is 25.7 Å². The molecule has 2 aromatic carbocycles. The minimum Gasteiger partial charge on any atom is -0.350 e. The van der Waals surface area contributed by atoms with Crippen LogP contribution in [-0.2, 0) is 4.79 Å². The predicted octanol–water partition coefficient (Wildman–Crippen LogP) is 2.98. The Morgan fingerprint density at radius 2 is 1.29 bits per heavy atom. The molecule has 0 bridgehead atoms. The molecule has 1 saturated carbocycles. The van der Waals surface area contributed by atoms with Gasteiger partial charge in [-0.1, -0.05) is 31.0 Å². The van der Waals surface area contributed by atoms with E-state index in [0.29, 0.717) is 29.9 Å². The van der Waals surface area contributed by atoms with Crippen molar-refractivity contribution >= 4 is 23.4 Å². The predicted molar refractivity (Wildman–Crippen MR) is 108 cm³/mol. The molecule has 3 N–H and O–H groups in total. The number of carbonyl (C=O) groups excluding carboxylic acids is 3. The van der Waals surface area contributed by atoms with Crippen LogP contribution in [0.25, 0.3) is 0 Å². The molecule has 28 heavy (non-hydrogen) atoms. The molecule has 3 rings (SSSR count). The molecular formula is C22H25N3O3. The van der Waals surface area contributed by atoms with E-state index in [4.69, 9.17) is 0 Å². The average molecular weight is 379 g/mol. The Bertz CT molecular complexity index is 813. The lowest BCUT2D eigenvalue weighted by Crippen LogP contribution is -2.34. The van der Waals surface area contributed by atoms with Gasteiger partial charge in [0.1, 0.15) is 0 Å². The maximum atomic E-state index is 12.2. The van der Waals surface area contributed by atoms with Gasteiger partial charge >= 0.3 is 0 Å². The standard InChI is InChI=1S/C22H25N3O3/c26-20(16-6-2-1-3-7-16)23-14-15-24-21(27)18-10-12-19(13-11-18)25-22(28)17-8-4-5-9-17/h1-3,6-7,10-13,17H,4-5,8-9,14-15H2,(H,23,26)(H,24,27)(H,25,28). The van der Waals surface area contributed by atoms with Crippen molar-refractivity contribution in [3.05, 3.63) is 65.7 Å². The lowest BCUT2D eigenvalue weighted by atomic mass is 10.1. The molecule has 0 atom stereocenters. The van der Waals surface area contributed by atoms with Crippen LogP contribution in [0.3, 0.4) is 0 Å². The molecule has 6 heteroatoms. The van der Waals surface area contributed by atoms with Crippen LogP contribution in [0.4, 0.5) is 5.69 Å². The summed E-state index contributed by atoms with van der Waals surface area (Å²) in [5, 5.41) is 8.44. The molecule has 0 heterocycles. The first kappa shape index (κ1) is 19.6. The summed E-state index contributed by atoms with van der Waals surface area (Å²) in [5.41, 5.74) is 1.79. The van der Waals surface area contributed by atoms with Gasteiger partial charge in [-0.15, -0.1) is 0 Å². The Labute approximate surface area is 164 Å². The molecule has 146 valence electrons. The number of carbonyl (C=O) groups is 3. The van der Waals surface area contributed by atoms with Crippen LogP contribution in [-0.4, -0.2) is 30.8 Å². The Morgan fingerprint density at radius 1 is 0.750 bits per heavy atom. The van der Waals surface area contributed by atoms with E-state index in [-0.39, 0.29) is 23.6 Å². The molecule has 0 unspecified atom stereocenters. The highest BCUT2D eigenvalue weighted by Crippen LogP contribution is 2.26. The van der Waals surface area contributed by atoms with E-state index < -0.39 is 0 Å². The Hall–Kier alpha value is -3.15. The van der Waals surface area contributed by atoms with E-state index >= 15 is 0 Å². The fourth-order valence-corrected chi connectivity index (χ4v) is 3.28. The summed E-state index contributed by atoms with van der Waals surface area (Å²) in [4.78, 5) is 36.3. The summed E-state index contributed by atoms with van der Waals surface area (Å²) in [7, 11) is 0. The summed E-state index contributed by atoms with van der Waals surface area (Å²) in [6.07, 6.45) is 4.13. The molecule has 0 saturated heterocycles. The normalized spacial score (nSPS) is 13.7. The number of benzene rings is 2. The minimum atomic E-state index is -0.220. The van der Waals surface area contributed by atoms with Gasteiger partial charge in [0.25, 0.3) is 11.8 Å². The van der Waals surface area contributed by atoms with Crippen LogP contribution in [0.5, 0.6) is 0 Å². The fourth-order valence-electron chi connectivity index (χ4n) is 3.28. The average Bonchev–Trinajstić information content (AvgIpc) is 3.27. The first-order chi connectivity index (χ1) is 13.6. The van der Waals surface area contributed by atoms with Gasteiger partial charge in [0, 0.05) is 35.8 Å². The summed E-state index contributed by atoms with van der Waals surface area (Å²) in [6.45, 7) is 0.673. The third kappa shape index (κ3) is 5.42. The Kier molecular flexibility index (Phi) is 6.78. The van der Waals surface area contributed by atoms with E-state index in [1.807, 2.05) is 6.07 Å². The van der Waals surface area contributed by atoms with Gasteiger partial charge in [-0.3, -0.25) is 14.4 Å². The molecule has 6 nitrogen and oxygen atoms in total. The molecule has 2 aromatic rings. The van der Waals surface area contributed by atoms with Crippen molar-refractivity contribution in [3.63, 3.8) is 0 Å². The second kappa shape index (κ2) is 9.69. The van der Waals surface area contributed by atoms with E-state index in [2.05, 4.69) is 16.0 Å². The van der Waals surface area contributed by atoms with Gasteiger partial charge in [0.2, 0.25) is 5.91 Å². The molecule has 1 aliphatic rings. The SMILES string of the molecule is O=C(NCCNC(=O)c1ccc(NC(=O)C2CCCC2)cc1)c1ccccc1. The zero-order valence-corrected chi connectivity index (χ0v) is 15.7. The van der Waals surface area contributed by atoms with E-state index in [1.54, 1.807) is 48.5 Å². The highest BCUT2D eigenvalue weighted by atomic mass is 16.2. The first-order valence-electron chi connectivity index (χ1n) is 9.66. The van der Waals surface area contributed by atoms with Crippen LogP contribution in [0.1, 0.15) is 46.4 Å². The second-order valence-corrected chi connectivity index (χ2v) is 6.93. The molecule has 0 radical (unpaired) electrons. The lowest BCUT2D eigenvalue weighted by Gasteiger charge is -2.11. The number of rotatable bonds is 7. The van der Waals surface area contributed by atoms with Gasteiger partial charge in [-0.25, -0.2) is 0 Å². The van der Waals surface area contributed by atoms with Gasteiger partial charge in [0.05, 0.1) is 0 Å². The molecule has 1 aliphatic carbocycles. The molecule has 0 spiro atoms. The van der Waals surface area contributed by atoms with Gasteiger partial charge in [-0.05, 0) is 49.2 Å². The zero-order valence-electron chi connectivity index (χ0n) is 15.7. The molecular weight excluding hydrogens is 354 g/mol. The minimum absolute atomic E-state index is 0.0591. The van der Waals surface area contributed by atoms with Gasteiger partial charge in [-0.2, -0.15) is 0 Å². The van der Waals surface area contributed by atoms with Crippen molar-refractivity contribution in [3.8, 4) is 0 Å². The van der Waals surface area contributed by atoms with Gasteiger partial charge in [0.15, 0.2) is 0 Å². The van der Waals surface area contributed by atoms with Gasteiger partial charge < -0.3 is 16.0 Å². The number of hydrogen-bond acceptors (Lipinski definition) is 3. The van der Waals surface area contributed by atoms with Crippen molar-refractivity contribution in [2.75, 3.05) is 18.4 Å². The van der Waals surface area contributed by atoms with E-state index in [9.17, 15) is 14.4 Å². The maximum Gasteiger partial charge on any atom is 0.251 e. The van der Waals surface area contributed by atoms with Crippen molar-refractivity contribution < 1.29 is 14.4 Å². The molecule has 0 aliphatic heterocycles. The quantitative estimate of drug-likeness (QED) is 0.647. The maximum absolute atomic E-state index is 12.2. The summed E-state index contributed by atoms with van der Waals surface area (Å²) < 4.78 is 0. The molecule has 0 aromatic heterocycles. The number of amides is 3. The third-order valence-electron chi connectivity index (χ3n) is 4.87. The van der Waals surface area contributed by atoms with E-state index in [0.717, 1.165) is 25.7 Å². The first-order valence-corrected chi connectivity index (χ1v) is 9.66. The van der Waals surface area contributed by atoms with Crippen LogP contribution in [0.15, 0.2) is 54.6 Å². The lowest BCUT2D eigenvalue weighted by molar-refractivity contribution is -0.119. The number of hydrogen-bond donors (Lipinski definition) is 3. The molecule has 3 amide bonds. The zero-order chi connectivity index (χ0) is 19.8. The highest BCUT2D eigenvalue weighted by molar-refractivity contribution is 5.96. The largest absolute Gasteiger partial charge is 0.350 e. The number of anilines is 1. The summed E-state index contributed by atoms with van der Waals surface area (Å²) in [6, 6.07) is 15.8. The number of nitrogens with one attached hydrogen (secondary N) is 3. The smallest absolute Gasteiger partial charge is 0.251 e. The van der Waals surface area contributed by atoms with Crippen molar-refractivity contribution in [1.29, 1.82) is 0 Å². The van der Waals surface area contributed by atoms with Crippen molar-refractivity contribution in [1.82, 2.24) is 10.6 Å². The van der Waals surface area contributed by atoms with Crippen LogP contribution in [0, 0.1) is 5.92 Å². The van der Waals surface area contributed by atoms with E-state index in [1.165, 1.54) is 0 Å².